The van der Waals surface area contributed by atoms with Gasteiger partial charge in [0.25, 0.3) is 11.8 Å². The van der Waals surface area contributed by atoms with Crippen molar-refractivity contribution in [2.45, 2.75) is 6.92 Å². The lowest BCUT2D eigenvalue weighted by atomic mass is 10.1. The minimum atomic E-state index is -0.838. The Labute approximate surface area is 195 Å². The van der Waals surface area contributed by atoms with Gasteiger partial charge in [-0.3, -0.25) is 14.9 Å². The molecule has 34 heavy (non-hydrogen) atoms. The van der Waals surface area contributed by atoms with Gasteiger partial charge in [-0.1, -0.05) is 35.9 Å². The van der Waals surface area contributed by atoms with Crippen molar-refractivity contribution in [3.63, 3.8) is 0 Å². The van der Waals surface area contributed by atoms with Crippen LogP contribution in [0.1, 0.15) is 21.5 Å². The molecule has 8 nitrogen and oxygen atoms in total. The quantitative estimate of drug-likeness (QED) is 0.271. The van der Waals surface area contributed by atoms with Crippen molar-refractivity contribution in [1.82, 2.24) is 5.32 Å². The van der Waals surface area contributed by atoms with E-state index in [1.165, 1.54) is 13.2 Å². The van der Waals surface area contributed by atoms with Gasteiger partial charge >= 0.3 is 12.0 Å². The number of methoxy groups -OCH3 is 1. The molecule has 1 saturated heterocycles. The number of para-hydroxylation sites is 1. The molecule has 0 atom stereocenters. The predicted octanol–water partition coefficient (Wildman–Crippen LogP) is 3.89. The highest BCUT2D eigenvalue weighted by Gasteiger charge is 2.37. The molecule has 0 aromatic heterocycles. The van der Waals surface area contributed by atoms with Crippen molar-refractivity contribution < 1.29 is 28.7 Å². The number of carbonyl (C=O) groups excluding carboxylic acids is 4. The summed E-state index contributed by atoms with van der Waals surface area (Å²) >= 11 is 0. The predicted molar refractivity (Wildman–Crippen MR) is 125 cm³/mol. The summed E-state index contributed by atoms with van der Waals surface area (Å²) in [5.74, 6) is -1.50. The molecular formula is C26H20N2O6. The number of hydrogen-bond donors (Lipinski definition) is 1. The average Bonchev–Trinajstić information content (AvgIpc) is 2.84. The van der Waals surface area contributed by atoms with Crippen LogP contribution < -0.4 is 19.7 Å². The number of hydrogen-bond acceptors (Lipinski definition) is 6. The number of amides is 4. The normalized spacial score (nSPS) is 14.7. The van der Waals surface area contributed by atoms with E-state index in [2.05, 4.69) is 5.32 Å². The first-order chi connectivity index (χ1) is 16.4. The van der Waals surface area contributed by atoms with Crippen LogP contribution in [0.25, 0.3) is 6.08 Å². The smallest absolute Gasteiger partial charge is 0.343 e. The SMILES string of the molecule is COc1ccc(C(=O)Oc2ccccc2/C=C2/C(=O)NC(=O)N(c3ccc(C)cc3)C2=O)cc1. The summed E-state index contributed by atoms with van der Waals surface area (Å²) in [7, 11) is 1.52. The van der Waals surface area contributed by atoms with Gasteiger partial charge < -0.3 is 9.47 Å². The number of benzene rings is 3. The van der Waals surface area contributed by atoms with Crippen LogP contribution in [0.15, 0.2) is 78.4 Å². The van der Waals surface area contributed by atoms with E-state index in [-0.39, 0.29) is 11.3 Å². The molecule has 0 bridgehead atoms. The van der Waals surface area contributed by atoms with E-state index < -0.39 is 23.8 Å². The minimum absolute atomic E-state index is 0.148. The zero-order chi connectivity index (χ0) is 24.2. The summed E-state index contributed by atoms with van der Waals surface area (Å²) in [6.45, 7) is 1.88. The molecule has 1 aliphatic heterocycles. The van der Waals surface area contributed by atoms with E-state index in [1.54, 1.807) is 72.8 Å². The van der Waals surface area contributed by atoms with Crippen molar-refractivity contribution in [2.75, 3.05) is 12.0 Å². The molecule has 1 N–H and O–H groups in total. The van der Waals surface area contributed by atoms with E-state index in [1.807, 2.05) is 6.92 Å². The number of esters is 1. The maximum absolute atomic E-state index is 13.1. The van der Waals surface area contributed by atoms with E-state index in [9.17, 15) is 19.2 Å². The average molecular weight is 456 g/mol. The number of rotatable bonds is 5. The number of aryl methyl sites for hydroxylation is 1. The molecule has 4 amide bonds. The van der Waals surface area contributed by atoms with E-state index >= 15 is 0 Å². The van der Waals surface area contributed by atoms with Crippen LogP contribution in [0.5, 0.6) is 11.5 Å². The lowest BCUT2D eigenvalue weighted by molar-refractivity contribution is -0.122. The summed E-state index contributed by atoms with van der Waals surface area (Å²) in [6.07, 6.45) is 1.29. The molecule has 8 heteroatoms. The second-order valence-corrected chi connectivity index (χ2v) is 7.45. The molecule has 0 saturated carbocycles. The first-order valence-electron chi connectivity index (χ1n) is 10.3. The van der Waals surface area contributed by atoms with Crippen LogP contribution in [0.2, 0.25) is 0 Å². The highest BCUT2D eigenvalue weighted by atomic mass is 16.5. The third-order valence-corrected chi connectivity index (χ3v) is 5.14. The van der Waals surface area contributed by atoms with Gasteiger partial charge in [-0.2, -0.15) is 0 Å². The Morgan fingerprint density at radius 1 is 0.912 bits per heavy atom. The summed E-state index contributed by atoms with van der Waals surface area (Å²) in [5, 5.41) is 2.18. The molecule has 170 valence electrons. The van der Waals surface area contributed by atoms with Gasteiger partial charge in [0.15, 0.2) is 0 Å². The molecule has 1 fully saturated rings. The van der Waals surface area contributed by atoms with Crippen molar-refractivity contribution in [1.29, 1.82) is 0 Å². The Morgan fingerprint density at radius 2 is 1.59 bits per heavy atom. The highest BCUT2D eigenvalue weighted by molar-refractivity contribution is 6.39. The number of imide groups is 2. The Bertz CT molecular complexity index is 1310. The molecule has 3 aromatic rings. The maximum atomic E-state index is 13.1. The van der Waals surface area contributed by atoms with Crippen LogP contribution in [-0.2, 0) is 9.59 Å². The molecule has 3 aromatic carbocycles. The number of barbiturate groups is 1. The fraction of sp³-hybridized carbons (Fsp3) is 0.0769. The molecular weight excluding hydrogens is 436 g/mol. The fourth-order valence-electron chi connectivity index (χ4n) is 3.32. The lowest BCUT2D eigenvalue weighted by Gasteiger charge is -2.26. The Balaban J connectivity index is 1.64. The fourth-order valence-corrected chi connectivity index (χ4v) is 3.32. The summed E-state index contributed by atoms with van der Waals surface area (Å²) < 4.78 is 10.6. The Kier molecular flexibility index (Phi) is 6.22. The minimum Gasteiger partial charge on any atom is -0.497 e. The molecule has 4 rings (SSSR count). The second-order valence-electron chi connectivity index (χ2n) is 7.45. The lowest BCUT2D eigenvalue weighted by Crippen LogP contribution is -2.54. The second kappa shape index (κ2) is 9.41. The zero-order valence-corrected chi connectivity index (χ0v) is 18.4. The van der Waals surface area contributed by atoms with Crippen LogP contribution in [-0.4, -0.2) is 30.9 Å². The molecule has 1 heterocycles. The third-order valence-electron chi connectivity index (χ3n) is 5.14. The van der Waals surface area contributed by atoms with Crippen LogP contribution in [0.3, 0.4) is 0 Å². The number of nitrogens with zero attached hydrogens (tertiary/aromatic N) is 1. The topological polar surface area (TPSA) is 102 Å². The van der Waals surface area contributed by atoms with Gasteiger partial charge in [0.05, 0.1) is 18.4 Å². The summed E-state index contributed by atoms with van der Waals surface area (Å²) in [6, 6.07) is 18.8. The Hall–Kier alpha value is -4.72. The van der Waals surface area contributed by atoms with Gasteiger partial charge in [0, 0.05) is 5.56 Å². The largest absolute Gasteiger partial charge is 0.497 e. The molecule has 0 aliphatic carbocycles. The standard InChI is InChI=1S/C26H20N2O6/c1-16-7-11-19(12-8-16)28-24(30)21(23(29)27-26(28)32)15-18-5-3-4-6-22(18)34-25(31)17-9-13-20(33-2)14-10-17/h3-15H,1-2H3,(H,27,29,32)/b21-15-. The summed E-state index contributed by atoms with van der Waals surface area (Å²) in [4.78, 5) is 51.5. The van der Waals surface area contributed by atoms with E-state index in [0.29, 0.717) is 22.6 Å². The van der Waals surface area contributed by atoms with Gasteiger partial charge in [-0.15, -0.1) is 0 Å². The molecule has 0 radical (unpaired) electrons. The number of ether oxygens (including phenoxy) is 2. The number of carbonyl (C=O) groups is 4. The van der Waals surface area contributed by atoms with Crippen molar-refractivity contribution in [3.8, 4) is 11.5 Å². The van der Waals surface area contributed by atoms with Gasteiger partial charge in [-0.05, 0) is 55.5 Å². The first-order valence-corrected chi connectivity index (χ1v) is 10.3. The van der Waals surface area contributed by atoms with E-state index in [0.717, 1.165) is 10.5 Å². The van der Waals surface area contributed by atoms with Crippen LogP contribution in [0.4, 0.5) is 10.5 Å². The monoisotopic (exact) mass is 456 g/mol. The Morgan fingerprint density at radius 3 is 2.26 bits per heavy atom. The molecule has 0 spiro atoms. The van der Waals surface area contributed by atoms with Crippen molar-refractivity contribution in [3.05, 3.63) is 95.1 Å². The van der Waals surface area contributed by atoms with E-state index in [4.69, 9.17) is 9.47 Å². The van der Waals surface area contributed by atoms with Crippen molar-refractivity contribution in [2.24, 2.45) is 0 Å². The molecule has 0 unspecified atom stereocenters. The highest BCUT2D eigenvalue weighted by Crippen LogP contribution is 2.26. The van der Waals surface area contributed by atoms with Crippen molar-refractivity contribution >= 4 is 35.6 Å². The van der Waals surface area contributed by atoms with Gasteiger partial charge in [-0.25, -0.2) is 14.5 Å². The zero-order valence-electron chi connectivity index (χ0n) is 18.4. The van der Waals surface area contributed by atoms with Crippen LogP contribution in [0, 0.1) is 6.92 Å². The number of urea groups is 1. The summed E-state index contributed by atoms with van der Waals surface area (Å²) in [5.41, 5.74) is 1.62. The number of nitrogens with one attached hydrogen (secondary N) is 1. The first kappa shape index (κ1) is 22.5. The maximum Gasteiger partial charge on any atom is 0.343 e. The van der Waals surface area contributed by atoms with Gasteiger partial charge in [0.2, 0.25) is 0 Å². The molecule has 1 aliphatic rings. The number of anilines is 1. The third kappa shape index (κ3) is 4.56. The van der Waals surface area contributed by atoms with Gasteiger partial charge in [0.1, 0.15) is 17.1 Å². The van der Waals surface area contributed by atoms with Crippen LogP contribution >= 0.6 is 0 Å².